The molecular formula is C27H22. The molecule has 130 valence electrons. The molecule has 0 aromatic heterocycles. The van der Waals surface area contributed by atoms with Crippen LogP contribution in [0.2, 0.25) is 0 Å². The zero-order chi connectivity index (χ0) is 18.6. The molecule has 4 rings (SSSR count). The van der Waals surface area contributed by atoms with Gasteiger partial charge in [-0.25, -0.2) is 0 Å². The fraction of sp³-hybridized carbons (Fsp3) is 0.0370. The highest BCUT2D eigenvalue weighted by atomic mass is 14.1. The van der Waals surface area contributed by atoms with Crippen LogP contribution in [-0.4, -0.2) is 0 Å². The van der Waals surface area contributed by atoms with Crippen molar-refractivity contribution in [3.63, 3.8) is 0 Å². The van der Waals surface area contributed by atoms with E-state index >= 15 is 0 Å². The van der Waals surface area contributed by atoms with Gasteiger partial charge in [-0.05, 0) is 51.9 Å². The number of hydrogen-bond acceptors (Lipinski definition) is 0. The van der Waals surface area contributed by atoms with Crippen LogP contribution in [0.25, 0.3) is 39.0 Å². The maximum absolute atomic E-state index is 4.05. The molecule has 0 unspecified atom stereocenters. The molecule has 0 atom stereocenters. The molecule has 0 nitrogen and oxygen atoms in total. The maximum atomic E-state index is 4.05. The highest BCUT2D eigenvalue weighted by molar-refractivity contribution is 5.84. The van der Waals surface area contributed by atoms with Gasteiger partial charge in [0.1, 0.15) is 0 Å². The van der Waals surface area contributed by atoms with Crippen molar-refractivity contribution in [1.29, 1.82) is 0 Å². The van der Waals surface area contributed by atoms with Gasteiger partial charge in [0.2, 0.25) is 0 Å². The Morgan fingerprint density at radius 3 is 1.67 bits per heavy atom. The Kier molecular flexibility index (Phi) is 4.72. The highest BCUT2D eigenvalue weighted by Crippen LogP contribution is 2.33. The zero-order valence-electron chi connectivity index (χ0n) is 15.5. The second kappa shape index (κ2) is 7.47. The molecular weight excluding hydrogens is 324 g/mol. The Morgan fingerprint density at radius 2 is 1.04 bits per heavy atom. The summed E-state index contributed by atoms with van der Waals surface area (Å²) in [4.78, 5) is 0. The predicted octanol–water partition coefficient (Wildman–Crippen LogP) is 7.72. The second-order valence-electron chi connectivity index (χ2n) is 6.85. The van der Waals surface area contributed by atoms with E-state index in [1.807, 2.05) is 6.92 Å². The van der Waals surface area contributed by atoms with Gasteiger partial charge in [0, 0.05) is 0 Å². The molecule has 0 heteroatoms. The molecule has 0 spiro atoms. The molecule has 0 bridgehead atoms. The molecule has 0 N–H and O–H groups in total. The van der Waals surface area contributed by atoms with Crippen molar-refractivity contribution in [2.45, 2.75) is 6.92 Å². The quantitative estimate of drug-likeness (QED) is 0.355. The van der Waals surface area contributed by atoms with E-state index in [2.05, 4.69) is 110 Å². The number of rotatable bonds is 4. The van der Waals surface area contributed by atoms with Gasteiger partial charge in [-0.1, -0.05) is 109 Å². The molecule has 0 saturated heterocycles. The minimum Gasteiger partial charge on any atom is -0.0955 e. The van der Waals surface area contributed by atoms with E-state index in [1.54, 1.807) is 0 Å². The van der Waals surface area contributed by atoms with Crippen molar-refractivity contribution in [3.05, 3.63) is 115 Å². The number of allylic oxidation sites excluding steroid dienone is 1. The smallest absolute Gasteiger partial charge is 0.0105 e. The minimum absolute atomic E-state index is 1.09. The summed E-state index contributed by atoms with van der Waals surface area (Å²) in [5, 5.41) is 0. The summed E-state index contributed by atoms with van der Waals surface area (Å²) in [5.74, 6) is 0. The first-order valence-electron chi connectivity index (χ1n) is 9.23. The summed E-state index contributed by atoms with van der Waals surface area (Å²) < 4.78 is 0. The number of hydrogen-bond donors (Lipinski definition) is 0. The summed E-state index contributed by atoms with van der Waals surface area (Å²) >= 11 is 0. The van der Waals surface area contributed by atoms with E-state index in [0.29, 0.717) is 0 Å². The standard InChI is InChI=1S/C27H22/c1-20(2)24-11-8-12-25(19-24)21-15-17-23(18-16-21)27-14-7-6-13-26(27)22-9-4-3-5-10-22/h3-19H,1H2,2H3. The topological polar surface area (TPSA) is 0 Å². The molecule has 0 saturated carbocycles. The van der Waals surface area contributed by atoms with Crippen molar-refractivity contribution in [1.82, 2.24) is 0 Å². The van der Waals surface area contributed by atoms with E-state index in [9.17, 15) is 0 Å². The van der Waals surface area contributed by atoms with Crippen molar-refractivity contribution >= 4 is 5.57 Å². The summed E-state index contributed by atoms with van der Waals surface area (Å²) in [6.07, 6.45) is 0. The largest absolute Gasteiger partial charge is 0.0955 e. The third-order valence-corrected chi connectivity index (χ3v) is 4.90. The maximum Gasteiger partial charge on any atom is -0.0105 e. The Hall–Kier alpha value is -3.38. The Bertz CT molecular complexity index is 1070. The van der Waals surface area contributed by atoms with Gasteiger partial charge >= 0.3 is 0 Å². The lowest BCUT2D eigenvalue weighted by molar-refractivity contribution is 1.54. The highest BCUT2D eigenvalue weighted by Gasteiger charge is 2.07. The van der Waals surface area contributed by atoms with Crippen molar-refractivity contribution in [2.75, 3.05) is 0 Å². The zero-order valence-corrected chi connectivity index (χ0v) is 15.5. The average molecular weight is 346 g/mol. The van der Waals surface area contributed by atoms with Gasteiger partial charge in [0.25, 0.3) is 0 Å². The van der Waals surface area contributed by atoms with Crippen LogP contribution in [0.4, 0.5) is 0 Å². The van der Waals surface area contributed by atoms with E-state index < -0.39 is 0 Å². The van der Waals surface area contributed by atoms with Gasteiger partial charge in [-0.2, -0.15) is 0 Å². The van der Waals surface area contributed by atoms with Crippen molar-refractivity contribution in [3.8, 4) is 33.4 Å². The third kappa shape index (κ3) is 3.61. The molecule has 0 heterocycles. The summed E-state index contributed by atoms with van der Waals surface area (Å²) in [5.41, 5.74) is 9.70. The Balaban J connectivity index is 1.72. The second-order valence-corrected chi connectivity index (χ2v) is 6.85. The first-order valence-corrected chi connectivity index (χ1v) is 9.23. The van der Waals surface area contributed by atoms with Crippen LogP contribution in [0.5, 0.6) is 0 Å². The van der Waals surface area contributed by atoms with Gasteiger partial charge in [-0.3, -0.25) is 0 Å². The first-order chi connectivity index (χ1) is 13.2. The lowest BCUT2D eigenvalue weighted by Crippen LogP contribution is -1.86. The molecule has 0 aliphatic heterocycles. The van der Waals surface area contributed by atoms with E-state index in [1.165, 1.54) is 38.9 Å². The SMILES string of the molecule is C=C(C)c1cccc(-c2ccc(-c3ccccc3-c3ccccc3)cc2)c1. The minimum atomic E-state index is 1.09. The van der Waals surface area contributed by atoms with Crippen LogP contribution in [-0.2, 0) is 0 Å². The van der Waals surface area contributed by atoms with Gasteiger partial charge < -0.3 is 0 Å². The van der Waals surface area contributed by atoms with Crippen LogP contribution in [0.1, 0.15) is 12.5 Å². The predicted molar refractivity (Wildman–Crippen MR) is 117 cm³/mol. The van der Waals surface area contributed by atoms with E-state index in [4.69, 9.17) is 0 Å². The monoisotopic (exact) mass is 346 g/mol. The Labute approximate surface area is 161 Å². The third-order valence-electron chi connectivity index (χ3n) is 4.90. The van der Waals surface area contributed by atoms with Crippen LogP contribution in [0, 0.1) is 0 Å². The van der Waals surface area contributed by atoms with Gasteiger partial charge in [0.05, 0.1) is 0 Å². The van der Waals surface area contributed by atoms with Crippen molar-refractivity contribution in [2.24, 2.45) is 0 Å². The van der Waals surface area contributed by atoms with Crippen LogP contribution in [0.15, 0.2) is 110 Å². The molecule has 27 heavy (non-hydrogen) atoms. The summed E-state index contributed by atoms with van der Waals surface area (Å²) in [6, 6.07) is 36.5. The average Bonchev–Trinajstić information content (AvgIpc) is 2.74. The molecule has 0 aliphatic carbocycles. The van der Waals surface area contributed by atoms with Gasteiger partial charge in [0.15, 0.2) is 0 Å². The lowest BCUT2D eigenvalue weighted by Gasteiger charge is -2.11. The molecule has 0 radical (unpaired) electrons. The molecule has 4 aromatic carbocycles. The lowest BCUT2D eigenvalue weighted by atomic mass is 9.93. The van der Waals surface area contributed by atoms with Crippen molar-refractivity contribution < 1.29 is 0 Å². The normalized spacial score (nSPS) is 10.6. The first kappa shape index (κ1) is 17.1. The van der Waals surface area contributed by atoms with E-state index in [-0.39, 0.29) is 0 Å². The van der Waals surface area contributed by atoms with E-state index in [0.717, 1.165) is 5.57 Å². The molecule has 0 aliphatic rings. The van der Waals surface area contributed by atoms with Crippen LogP contribution >= 0.6 is 0 Å². The molecule has 0 amide bonds. The number of benzene rings is 4. The molecule has 4 aromatic rings. The Morgan fingerprint density at radius 1 is 0.519 bits per heavy atom. The van der Waals surface area contributed by atoms with Crippen LogP contribution < -0.4 is 0 Å². The van der Waals surface area contributed by atoms with Gasteiger partial charge in [-0.15, -0.1) is 0 Å². The summed E-state index contributed by atoms with van der Waals surface area (Å²) in [7, 11) is 0. The fourth-order valence-corrected chi connectivity index (χ4v) is 3.41. The van der Waals surface area contributed by atoms with Crippen LogP contribution in [0.3, 0.4) is 0 Å². The molecule has 0 fully saturated rings. The fourth-order valence-electron chi connectivity index (χ4n) is 3.41. The summed E-state index contributed by atoms with van der Waals surface area (Å²) in [6.45, 7) is 6.10.